The average Bonchev–Trinajstić information content (AvgIpc) is 3.16. The molecule has 3 rings (SSSR count). The number of carbonyl (C=O) groups is 1. The van der Waals surface area contributed by atoms with Crippen LogP contribution in [0.5, 0.6) is 0 Å². The molecule has 0 spiro atoms. The van der Waals surface area contributed by atoms with Gasteiger partial charge in [-0.05, 0) is 6.92 Å². The van der Waals surface area contributed by atoms with Crippen molar-refractivity contribution in [3.05, 3.63) is 12.4 Å². The first kappa shape index (κ1) is 18.0. The van der Waals surface area contributed by atoms with Gasteiger partial charge in [0.25, 0.3) is 0 Å². The lowest BCUT2D eigenvalue weighted by Crippen LogP contribution is -2.41. The van der Waals surface area contributed by atoms with E-state index in [0.717, 1.165) is 4.90 Å². The molecule has 1 aliphatic heterocycles. The normalized spacial score (nSPS) is 25.3. The van der Waals surface area contributed by atoms with Crippen LogP contribution in [0.1, 0.15) is 19.6 Å². The third-order valence-corrected chi connectivity index (χ3v) is 4.28. The van der Waals surface area contributed by atoms with Crippen LogP contribution in [0.2, 0.25) is 0 Å². The number of terminal acetylenes is 1. The number of amides is 1. The first-order valence-electron chi connectivity index (χ1n) is 7.72. The highest BCUT2D eigenvalue weighted by atomic mass is 19.1. The summed E-state index contributed by atoms with van der Waals surface area (Å²) in [4.78, 5) is 23.5. The zero-order valence-electron chi connectivity index (χ0n) is 13.7. The number of hydrogen-bond acceptors (Lipinski definition) is 7. The molecular weight excluding hydrogens is 349 g/mol. The lowest BCUT2D eigenvalue weighted by Gasteiger charge is -2.23. The fraction of sp³-hybridized carbons (Fsp3) is 0.467. The minimum absolute atomic E-state index is 0.00754. The van der Waals surface area contributed by atoms with Crippen molar-refractivity contribution in [1.82, 2.24) is 19.5 Å². The summed E-state index contributed by atoms with van der Waals surface area (Å²) in [6, 6.07) is 0. The van der Waals surface area contributed by atoms with Crippen molar-refractivity contribution in [2.45, 2.75) is 31.3 Å². The van der Waals surface area contributed by atoms with E-state index in [4.69, 9.17) is 11.2 Å². The molecule has 2 aromatic heterocycles. The largest absolute Gasteiger partial charge is 0.465 e. The van der Waals surface area contributed by atoms with Crippen LogP contribution >= 0.6 is 0 Å². The summed E-state index contributed by atoms with van der Waals surface area (Å²) in [7, 11) is 0. The first-order valence-corrected chi connectivity index (χ1v) is 7.72. The molecule has 0 radical (unpaired) electrons. The number of hydrogen-bond donors (Lipinski definition) is 3. The van der Waals surface area contributed by atoms with Gasteiger partial charge in [-0.25, -0.2) is 9.78 Å². The molecule has 138 valence electrons. The number of fused-ring (bicyclic) bond motifs is 1. The number of aliphatic hydroxyl groups excluding tert-OH is 2. The Bertz CT molecular complexity index is 896. The maximum absolute atomic E-state index is 13.9. The lowest BCUT2D eigenvalue weighted by atomic mass is 9.99. The Labute approximate surface area is 146 Å². The molecule has 1 fully saturated rings. The molecule has 2 aromatic rings. The maximum atomic E-state index is 13.9. The minimum atomic E-state index is -1.59. The van der Waals surface area contributed by atoms with Crippen LogP contribution in [0.15, 0.2) is 6.33 Å². The van der Waals surface area contributed by atoms with Crippen molar-refractivity contribution < 1.29 is 29.2 Å². The monoisotopic (exact) mass is 365 g/mol. The van der Waals surface area contributed by atoms with Gasteiger partial charge in [0, 0.05) is 13.0 Å². The molecule has 3 N–H and O–H groups in total. The summed E-state index contributed by atoms with van der Waals surface area (Å²) >= 11 is 0. The highest BCUT2D eigenvalue weighted by molar-refractivity contribution is 5.94. The molecule has 0 aromatic carbocycles. The molecule has 26 heavy (non-hydrogen) atoms. The maximum Gasteiger partial charge on any atom is 0.413 e. The van der Waals surface area contributed by atoms with Crippen molar-refractivity contribution in [1.29, 1.82) is 0 Å². The zero-order valence-corrected chi connectivity index (χ0v) is 13.7. The smallest absolute Gasteiger partial charge is 0.413 e. The molecule has 1 aliphatic rings. The summed E-state index contributed by atoms with van der Waals surface area (Å²) in [6.07, 6.45) is 2.14. The number of rotatable bonds is 4. The molecular formula is C15H16FN5O5. The second-order valence-corrected chi connectivity index (χ2v) is 5.68. The fourth-order valence-electron chi connectivity index (χ4n) is 2.89. The van der Waals surface area contributed by atoms with Gasteiger partial charge in [-0.1, -0.05) is 5.92 Å². The highest BCUT2D eigenvalue weighted by Gasteiger charge is 2.47. The Morgan fingerprint density at radius 1 is 1.62 bits per heavy atom. The van der Waals surface area contributed by atoms with E-state index in [9.17, 15) is 24.5 Å². The van der Waals surface area contributed by atoms with Gasteiger partial charge in [0.1, 0.15) is 12.3 Å². The summed E-state index contributed by atoms with van der Waals surface area (Å²) in [5, 5.41) is 28.9. The molecule has 1 amide bonds. The van der Waals surface area contributed by atoms with Crippen molar-refractivity contribution in [2.24, 2.45) is 0 Å². The van der Waals surface area contributed by atoms with Crippen molar-refractivity contribution >= 4 is 23.1 Å². The molecule has 3 heterocycles. The standard InChI is InChI=1S/C15H16FN5O5/c1-3-15(6-22)8(23)5-9(26-15)21-7-17-10-11(20(4-2)14(24)25)18-13(16)19-12(10)21/h1,7-9,22-23H,4-6H2,2H3,(H,24,25)/t8-,9+,15+/m0/s1. The average molecular weight is 365 g/mol. The molecule has 1 saturated heterocycles. The van der Waals surface area contributed by atoms with E-state index < -0.39 is 36.7 Å². The van der Waals surface area contributed by atoms with Crippen molar-refractivity contribution in [3.63, 3.8) is 0 Å². The number of anilines is 1. The molecule has 11 heteroatoms. The Balaban J connectivity index is 2.09. The summed E-state index contributed by atoms with van der Waals surface area (Å²) in [6.45, 7) is 0.984. The molecule has 10 nitrogen and oxygen atoms in total. The van der Waals surface area contributed by atoms with E-state index in [-0.39, 0.29) is 29.9 Å². The van der Waals surface area contributed by atoms with Gasteiger partial charge < -0.3 is 20.1 Å². The van der Waals surface area contributed by atoms with Gasteiger partial charge in [0.05, 0.1) is 12.9 Å². The zero-order chi connectivity index (χ0) is 19.1. The topological polar surface area (TPSA) is 134 Å². The number of halogens is 1. The van der Waals surface area contributed by atoms with Crippen LogP contribution in [0.4, 0.5) is 15.0 Å². The minimum Gasteiger partial charge on any atom is -0.465 e. The van der Waals surface area contributed by atoms with Crippen LogP contribution < -0.4 is 4.90 Å². The van der Waals surface area contributed by atoms with Crippen LogP contribution in [-0.2, 0) is 4.74 Å². The second-order valence-electron chi connectivity index (χ2n) is 5.68. The Morgan fingerprint density at radius 2 is 2.35 bits per heavy atom. The SMILES string of the molecule is C#C[C@]1(CO)O[C@@H](n2cnc3c(N(CC)C(=O)O)nc(F)nc32)C[C@@H]1O. The first-order chi connectivity index (χ1) is 12.4. The lowest BCUT2D eigenvalue weighted by molar-refractivity contribution is -0.0891. The number of imidazole rings is 1. The van der Waals surface area contributed by atoms with Gasteiger partial charge in [0.15, 0.2) is 22.6 Å². The second kappa shape index (κ2) is 6.49. The van der Waals surface area contributed by atoms with Gasteiger partial charge in [-0.3, -0.25) is 9.47 Å². The summed E-state index contributed by atoms with van der Waals surface area (Å²) < 4.78 is 20.8. The highest BCUT2D eigenvalue weighted by Crippen LogP contribution is 2.38. The Kier molecular flexibility index (Phi) is 4.49. The predicted molar refractivity (Wildman–Crippen MR) is 85.7 cm³/mol. The van der Waals surface area contributed by atoms with Crippen LogP contribution in [-0.4, -0.2) is 65.8 Å². The summed E-state index contributed by atoms with van der Waals surface area (Å²) in [5.74, 6) is 2.03. The van der Waals surface area contributed by atoms with E-state index in [1.165, 1.54) is 10.9 Å². The van der Waals surface area contributed by atoms with Crippen LogP contribution in [0.3, 0.4) is 0 Å². The molecule has 0 aliphatic carbocycles. The van der Waals surface area contributed by atoms with Gasteiger partial charge in [-0.2, -0.15) is 14.4 Å². The number of ether oxygens (including phenoxy) is 1. The molecule has 0 unspecified atom stereocenters. The number of aromatic nitrogens is 4. The molecule has 0 saturated carbocycles. The van der Waals surface area contributed by atoms with Gasteiger partial charge in [-0.15, -0.1) is 6.42 Å². The van der Waals surface area contributed by atoms with E-state index >= 15 is 0 Å². The van der Waals surface area contributed by atoms with Gasteiger partial charge >= 0.3 is 12.2 Å². The Hall–Kier alpha value is -2.81. The Morgan fingerprint density at radius 3 is 2.88 bits per heavy atom. The van der Waals surface area contributed by atoms with E-state index in [1.54, 1.807) is 6.92 Å². The third-order valence-electron chi connectivity index (χ3n) is 4.28. The summed E-state index contributed by atoms with van der Waals surface area (Å²) in [5.41, 5.74) is -1.56. The number of nitrogens with zero attached hydrogens (tertiary/aromatic N) is 5. The quantitative estimate of drug-likeness (QED) is 0.514. The number of aliphatic hydroxyl groups is 2. The van der Waals surface area contributed by atoms with Gasteiger partial charge in [0.2, 0.25) is 0 Å². The predicted octanol–water partition coefficient (Wildman–Crippen LogP) is 0.114. The fourth-order valence-corrected chi connectivity index (χ4v) is 2.89. The molecule has 3 atom stereocenters. The van der Waals surface area contributed by atoms with Crippen molar-refractivity contribution in [3.8, 4) is 12.3 Å². The number of carboxylic acid groups (broad SMARTS) is 1. The third kappa shape index (κ3) is 2.64. The van der Waals surface area contributed by atoms with Crippen LogP contribution in [0, 0.1) is 18.4 Å². The van der Waals surface area contributed by atoms with E-state index in [2.05, 4.69) is 20.9 Å². The van der Waals surface area contributed by atoms with E-state index in [0.29, 0.717) is 0 Å². The van der Waals surface area contributed by atoms with E-state index in [1.807, 2.05) is 0 Å². The molecule has 0 bridgehead atoms. The van der Waals surface area contributed by atoms with Crippen LogP contribution in [0.25, 0.3) is 11.2 Å². The van der Waals surface area contributed by atoms with Crippen molar-refractivity contribution in [2.75, 3.05) is 18.1 Å².